The molecule has 21 heavy (non-hydrogen) atoms. The lowest BCUT2D eigenvalue weighted by atomic mass is 9.97. The summed E-state index contributed by atoms with van der Waals surface area (Å²) in [4.78, 5) is 29.1. The Balaban J connectivity index is 1.94. The molecular formula is C15H21N3O3. The van der Waals surface area contributed by atoms with Crippen molar-refractivity contribution in [1.29, 1.82) is 0 Å². The van der Waals surface area contributed by atoms with Crippen LogP contribution >= 0.6 is 0 Å². The van der Waals surface area contributed by atoms with Crippen LogP contribution in [0.1, 0.15) is 36.5 Å². The predicted molar refractivity (Wildman–Crippen MR) is 79.4 cm³/mol. The minimum absolute atomic E-state index is 0.111. The van der Waals surface area contributed by atoms with Crippen LogP contribution < -0.4 is 10.2 Å². The summed E-state index contributed by atoms with van der Waals surface area (Å²) in [6.45, 7) is 4.03. The molecule has 0 saturated carbocycles. The van der Waals surface area contributed by atoms with Gasteiger partial charge in [0.25, 0.3) is 5.91 Å². The van der Waals surface area contributed by atoms with Gasteiger partial charge in [-0.1, -0.05) is 6.92 Å². The zero-order chi connectivity index (χ0) is 15.2. The van der Waals surface area contributed by atoms with Crippen LogP contribution in [-0.2, 0) is 4.79 Å². The Morgan fingerprint density at radius 1 is 1.38 bits per heavy atom. The van der Waals surface area contributed by atoms with Crippen molar-refractivity contribution in [2.24, 2.45) is 5.92 Å². The molecule has 0 aromatic carbocycles. The quantitative estimate of drug-likeness (QED) is 0.859. The molecule has 6 nitrogen and oxygen atoms in total. The Labute approximate surface area is 124 Å². The van der Waals surface area contributed by atoms with E-state index in [-0.39, 0.29) is 11.8 Å². The van der Waals surface area contributed by atoms with Crippen molar-refractivity contribution in [3.05, 3.63) is 23.9 Å². The van der Waals surface area contributed by atoms with Crippen LogP contribution in [0.25, 0.3) is 0 Å². The molecule has 0 atom stereocenters. The van der Waals surface area contributed by atoms with Gasteiger partial charge in [-0.15, -0.1) is 0 Å². The van der Waals surface area contributed by atoms with E-state index in [1.807, 2.05) is 13.0 Å². The molecular weight excluding hydrogens is 270 g/mol. The van der Waals surface area contributed by atoms with Crippen LogP contribution in [0, 0.1) is 5.92 Å². The molecule has 1 aliphatic heterocycles. The van der Waals surface area contributed by atoms with Crippen LogP contribution in [0.15, 0.2) is 18.3 Å². The highest BCUT2D eigenvalue weighted by molar-refractivity contribution is 5.94. The molecule has 1 fully saturated rings. The Hall–Kier alpha value is -2.11. The first-order valence-electron chi connectivity index (χ1n) is 7.33. The Morgan fingerprint density at radius 2 is 2.10 bits per heavy atom. The fourth-order valence-electron chi connectivity index (χ4n) is 2.40. The lowest BCUT2D eigenvalue weighted by molar-refractivity contribution is -0.142. The van der Waals surface area contributed by atoms with Gasteiger partial charge in [0.1, 0.15) is 5.82 Å². The Kier molecular flexibility index (Phi) is 5.14. The molecule has 0 unspecified atom stereocenters. The normalized spacial score (nSPS) is 15.8. The largest absolute Gasteiger partial charge is 0.481 e. The average Bonchev–Trinajstić information content (AvgIpc) is 2.53. The minimum atomic E-state index is -0.717. The molecule has 2 N–H and O–H groups in total. The number of hydrogen-bond donors (Lipinski definition) is 2. The van der Waals surface area contributed by atoms with Gasteiger partial charge in [0, 0.05) is 25.8 Å². The van der Waals surface area contributed by atoms with Gasteiger partial charge in [-0.05, 0) is 31.4 Å². The molecule has 6 heteroatoms. The number of aromatic nitrogens is 1. The number of aliphatic carboxylic acids is 1. The van der Waals surface area contributed by atoms with Crippen LogP contribution in [-0.4, -0.2) is 41.6 Å². The fraction of sp³-hybridized carbons (Fsp3) is 0.533. The highest BCUT2D eigenvalue weighted by Gasteiger charge is 2.25. The summed E-state index contributed by atoms with van der Waals surface area (Å²) in [5, 5.41) is 11.8. The van der Waals surface area contributed by atoms with E-state index < -0.39 is 5.97 Å². The van der Waals surface area contributed by atoms with E-state index in [0.717, 1.165) is 12.2 Å². The van der Waals surface area contributed by atoms with Crippen molar-refractivity contribution in [2.75, 3.05) is 24.5 Å². The van der Waals surface area contributed by atoms with Gasteiger partial charge < -0.3 is 15.3 Å². The summed E-state index contributed by atoms with van der Waals surface area (Å²) in [5.41, 5.74) is 0.549. The third-order valence-electron chi connectivity index (χ3n) is 3.71. The van der Waals surface area contributed by atoms with E-state index in [1.165, 1.54) is 0 Å². The fourth-order valence-corrected chi connectivity index (χ4v) is 2.40. The molecule has 1 amide bonds. The number of pyridine rings is 1. The number of rotatable bonds is 5. The van der Waals surface area contributed by atoms with E-state index in [1.54, 1.807) is 12.3 Å². The molecule has 1 aliphatic rings. The maximum Gasteiger partial charge on any atom is 0.306 e. The van der Waals surface area contributed by atoms with Crippen molar-refractivity contribution < 1.29 is 14.7 Å². The number of carbonyl (C=O) groups excluding carboxylic acids is 1. The number of nitrogens with one attached hydrogen (secondary N) is 1. The molecule has 2 rings (SSSR count). The first kappa shape index (κ1) is 15.3. The maximum absolute atomic E-state index is 11.8. The number of carboxylic acid groups (broad SMARTS) is 1. The average molecular weight is 291 g/mol. The number of anilines is 1. The molecule has 0 radical (unpaired) electrons. The standard InChI is InChI=1S/C15H21N3O3/c1-2-7-16-14(19)12-3-4-13(17-10-12)18-8-5-11(6-9-18)15(20)21/h3-4,10-11H,2,5-9H2,1H3,(H,16,19)(H,20,21). The molecule has 1 aromatic heterocycles. The van der Waals surface area contributed by atoms with Crippen molar-refractivity contribution >= 4 is 17.7 Å². The number of piperidine rings is 1. The number of amides is 1. The minimum Gasteiger partial charge on any atom is -0.481 e. The van der Waals surface area contributed by atoms with Crippen molar-refractivity contribution in [2.45, 2.75) is 26.2 Å². The third kappa shape index (κ3) is 3.93. The molecule has 0 bridgehead atoms. The first-order valence-corrected chi connectivity index (χ1v) is 7.33. The van der Waals surface area contributed by atoms with Crippen LogP contribution in [0.2, 0.25) is 0 Å². The molecule has 2 heterocycles. The van der Waals surface area contributed by atoms with Gasteiger partial charge in [-0.3, -0.25) is 9.59 Å². The summed E-state index contributed by atoms with van der Waals surface area (Å²) >= 11 is 0. The van der Waals surface area contributed by atoms with E-state index in [0.29, 0.717) is 38.0 Å². The third-order valence-corrected chi connectivity index (χ3v) is 3.71. The highest BCUT2D eigenvalue weighted by atomic mass is 16.4. The summed E-state index contributed by atoms with van der Waals surface area (Å²) in [6.07, 6.45) is 3.74. The van der Waals surface area contributed by atoms with E-state index in [2.05, 4.69) is 15.2 Å². The lowest BCUT2D eigenvalue weighted by Gasteiger charge is -2.31. The second-order valence-corrected chi connectivity index (χ2v) is 5.26. The van der Waals surface area contributed by atoms with E-state index in [4.69, 9.17) is 5.11 Å². The number of hydrogen-bond acceptors (Lipinski definition) is 4. The van der Waals surface area contributed by atoms with Gasteiger partial charge in [0.15, 0.2) is 0 Å². The predicted octanol–water partition coefficient (Wildman–Crippen LogP) is 1.52. The first-order chi connectivity index (χ1) is 10.1. The van der Waals surface area contributed by atoms with Crippen molar-refractivity contribution in [3.63, 3.8) is 0 Å². The van der Waals surface area contributed by atoms with Gasteiger partial charge in [-0.25, -0.2) is 4.98 Å². The number of carbonyl (C=O) groups is 2. The second kappa shape index (κ2) is 7.06. The van der Waals surface area contributed by atoms with Gasteiger partial charge in [-0.2, -0.15) is 0 Å². The lowest BCUT2D eigenvalue weighted by Crippen LogP contribution is -2.36. The molecule has 1 aromatic rings. The topological polar surface area (TPSA) is 82.5 Å². The zero-order valence-electron chi connectivity index (χ0n) is 12.2. The summed E-state index contributed by atoms with van der Waals surface area (Å²) in [5.74, 6) is -0.280. The maximum atomic E-state index is 11.8. The number of nitrogens with zero attached hydrogens (tertiary/aromatic N) is 2. The molecule has 0 spiro atoms. The highest BCUT2D eigenvalue weighted by Crippen LogP contribution is 2.22. The van der Waals surface area contributed by atoms with Crippen molar-refractivity contribution in [1.82, 2.24) is 10.3 Å². The van der Waals surface area contributed by atoms with Gasteiger partial charge >= 0.3 is 5.97 Å². The van der Waals surface area contributed by atoms with E-state index >= 15 is 0 Å². The Morgan fingerprint density at radius 3 is 2.62 bits per heavy atom. The zero-order valence-corrected chi connectivity index (χ0v) is 12.2. The van der Waals surface area contributed by atoms with Crippen LogP contribution in [0.4, 0.5) is 5.82 Å². The second-order valence-electron chi connectivity index (χ2n) is 5.26. The van der Waals surface area contributed by atoms with Gasteiger partial charge in [0.2, 0.25) is 0 Å². The molecule has 114 valence electrons. The van der Waals surface area contributed by atoms with Gasteiger partial charge in [0.05, 0.1) is 11.5 Å². The Bertz CT molecular complexity index is 493. The van der Waals surface area contributed by atoms with E-state index in [9.17, 15) is 9.59 Å². The molecule has 1 saturated heterocycles. The summed E-state index contributed by atoms with van der Waals surface area (Å²) in [7, 11) is 0. The summed E-state index contributed by atoms with van der Waals surface area (Å²) in [6, 6.07) is 3.58. The monoisotopic (exact) mass is 291 g/mol. The van der Waals surface area contributed by atoms with Crippen molar-refractivity contribution in [3.8, 4) is 0 Å². The SMILES string of the molecule is CCCNC(=O)c1ccc(N2CCC(C(=O)O)CC2)nc1. The number of carboxylic acids is 1. The van der Waals surface area contributed by atoms with Crippen LogP contribution in [0.3, 0.4) is 0 Å². The summed E-state index contributed by atoms with van der Waals surface area (Å²) < 4.78 is 0. The smallest absolute Gasteiger partial charge is 0.306 e. The molecule has 0 aliphatic carbocycles. The van der Waals surface area contributed by atoms with Crippen LogP contribution in [0.5, 0.6) is 0 Å².